The normalized spacial score (nSPS) is 12.5. The van der Waals surface area contributed by atoms with Gasteiger partial charge in [0.1, 0.15) is 5.75 Å². The fourth-order valence-electron chi connectivity index (χ4n) is 0.835. The largest absolute Gasteiger partial charge is 0.508 e. The lowest BCUT2D eigenvalue weighted by Gasteiger charge is -2.12. The Morgan fingerprint density at radius 1 is 1.38 bits per heavy atom. The average molecular weight is 184 g/mol. The van der Waals surface area contributed by atoms with Crippen molar-refractivity contribution in [1.82, 2.24) is 0 Å². The van der Waals surface area contributed by atoms with Crippen molar-refractivity contribution in [1.29, 1.82) is 0 Å². The summed E-state index contributed by atoms with van der Waals surface area (Å²) in [7, 11) is 0. The molecule has 0 aliphatic rings. The summed E-state index contributed by atoms with van der Waals surface area (Å²) in [6, 6.07) is 3.92. The first-order valence-electron chi connectivity index (χ1n) is 4.00. The van der Waals surface area contributed by atoms with Crippen molar-refractivity contribution in [2.75, 3.05) is 0 Å². The van der Waals surface area contributed by atoms with Crippen LogP contribution in [0.4, 0.5) is 0 Å². The summed E-state index contributed by atoms with van der Waals surface area (Å²) in [5, 5.41) is 27.3. The SMILES string of the molecule is CCC(O)Oc1ccc(O)cc1O. The van der Waals surface area contributed by atoms with Gasteiger partial charge in [-0.3, -0.25) is 0 Å². The number of hydrogen-bond acceptors (Lipinski definition) is 4. The minimum Gasteiger partial charge on any atom is -0.508 e. The van der Waals surface area contributed by atoms with Crippen molar-refractivity contribution < 1.29 is 20.1 Å². The summed E-state index contributed by atoms with van der Waals surface area (Å²) in [4.78, 5) is 0. The lowest BCUT2D eigenvalue weighted by atomic mass is 10.3. The second-order valence-corrected chi connectivity index (χ2v) is 2.63. The van der Waals surface area contributed by atoms with Crippen LogP contribution >= 0.6 is 0 Å². The van der Waals surface area contributed by atoms with E-state index in [0.717, 1.165) is 6.07 Å². The molecule has 0 bridgehead atoms. The van der Waals surface area contributed by atoms with E-state index in [-0.39, 0.29) is 17.2 Å². The van der Waals surface area contributed by atoms with E-state index in [2.05, 4.69) is 0 Å². The van der Waals surface area contributed by atoms with E-state index >= 15 is 0 Å². The third kappa shape index (κ3) is 2.52. The van der Waals surface area contributed by atoms with E-state index in [1.54, 1.807) is 6.92 Å². The summed E-state index contributed by atoms with van der Waals surface area (Å²) in [6.07, 6.45) is -0.504. The molecule has 1 aromatic carbocycles. The maximum atomic E-state index is 9.24. The van der Waals surface area contributed by atoms with Crippen molar-refractivity contribution in [3.05, 3.63) is 18.2 Å². The molecule has 1 aromatic rings. The molecule has 0 fully saturated rings. The second-order valence-electron chi connectivity index (χ2n) is 2.63. The highest BCUT2D eigenvalue weighted by molar-refractivity contribution is 5.43. The van der Waals surface area contributed by atoms with Gasteiger partial charge in [0.25, 0.3) is 0 Å². The smallest absolute Gasteiger partial charge is 0.197 e. The first-order chi connectivity index (χ1) is 6.13. The minimum absolute atomic E-state index is 0.0455. The Hall–Kier alpha value is -1.42. The lowest BCUT2D eigenvalue weighted by Crippen LogP contribution is -2.13. The van der Waals surface area contributed by atoms with Crippen LogP contribution in [0, 0.1) is 0 Å². The molecule has 0 aliphatic carbocycles. The summed E-state index contributed by atoms with van der Waals surface area (Å²) in [6.45, 7) is 1.75. The van der Waals surface area contributed by atoms with Gasteiger partial charge in [0, 0.05) is 12.5 Å². The maximum absolute atomic E-state index is 9.24. The van der Waals surface area contributed by atoms with Gasteiger partial charge in [-0.2, -0.15) is 0 Å². The molecule has 1 rings (SSSR count). The first kappa shape index (κ1) is 9.67. The van der Waals surface area contributed by atoms with Gasteiger partial charge in [0.15, 0.2) is 17.8 Å². The fraction of sp³-hybridized carbons (Fsp3) is 0.333. The van der Waals surface area contributed by atoms with Crippen molar-refractivity contribution in [2.24, 2.45) is 0 Å². The number of ether oxygens (including phenoxy) is 1. The van der Waals surface area contributed by atoms with Crippen LogP contribution in [0.3, 0.4) is 0 Å². The van der Waals surface area contributed by atoms with Gasteiger partial charge >= 0.3 is 0 Å². The molecule has 0 saturated carbocycles. The lowest BCUT2D eigenvalue weighted by molar-refractivity contribution is -0.0207. The zero-order chi connectivity index (χ0) is 9.84. The highest BCUT2D eigenvalue weighted by Gasteiger charge is 2.07. The van der Waals surface area contributed by atoms with Crippen molar-refractivity contribution in [3.8, 4) is 17.2 Å². The topological polar surface area (TPSA) is 69.9 Å². The summed E-state index contributed by atoms with van der Waals surface area (Å²) >= 11 is 0. The van der Waals surface area contributed by atoms with E-state index < -0.39 is 6.29 Å². The Balaban J connectivity index is 2.77. The number of aliphatic hydroxyl groups is 1. The van der Waals surface area contributed by atoms with E-state index in [1.165, 1.54) is 12.1 Å². The quantitative estimate of drug-likeness (QED) is 0.617. The number of rotatable bonds is 3. The van der Waals surface area contributed by atoms with Crippen LogP contribution in [0.25, 0.3) is 0 Å². The number of phenolic OH excluding ortho intramolecular Hbond substituents is 2. The molecule has 72 valence electrons. The Labute approximate surface area is 76.0 Å². The average Bonchev–Trinajstić information content (AvgIpc) is 2.09. The Kier molecular flexibility index (Phi) is 2.97. The third-order valence-corrected chi connectivity index (χ3v) is 1.55. The molecule has 13 heavy (non-hydrogen) atoms. The van der Waals surface area contributed by atoms with Gasteiger partial charge in [0.2, 0.25) is 0 Å². The highest BCUT2D eigenvalue weighted by Crippen LogP contribution is 2.30. The van der Waals surface area contributed by atoms with Crippen molar-refractivity contribution in [3.63, 3.8) is 0 Å². The van der Waals surface area contributed by atoms with Crippen molar-refractivity contribution >= 4 is 0 Å². The van der Waals surface area contributed by atoms with Gasteiger partial charge in [-0.15, -0.1) is 0 Å². The summed E-state index contributed by atoms with van der Waals surface area (Å²) < 4.78 is 4.94. The van der Waals surface area contributed by atoms with E-state index in [4.69, 9.17) is 14.9 Å². The number of benzene rings is 1. The van der Waals surface area contributed by atoms with E-state index in [9.17, 15) is 5.11 Å². The van der Waals surface area contributed by atoms with Gasteiger partial charge in [-0.25, -0.2) is 0 Å². The number of aromatic hydroxyl groups is 2. The monoisotopic (exact) mass is 184 g/mol. The summed E-state index contributed by atoms with van der Waals surface area (Å²) in [5.41, 5.74) is 0. The molecule has 0 spiro atoms. The molecule has 3 N–H and O–H groups in total. The molecular weight excluding hydrogens is 172 g/mol. The summed E-state index contributed by atoms with van der Waals surface area (Å²) in [5.74, 6) is -0.0736. The molecule has 0 heterocycles. The molecule has 0 amide bonds. The van der Waals surface area contributed by atoms with E-state index in [1.807, 2.05) is 0 Å². The Morgan fingerprint density at radius 2 is 2.08 bits per heavy atom. The molecular formula is C9H12O4. The Morgan fingerprint density at radius 3 is 2.62 bits per heavy atom. The number of phenols is 2. The predicted molar refractivity (Wildman–Crippen MR) is 46.7 cm³/mol. The van der Waals surface area contributed by atoms with Crippen LogP contribution < -0.4 is 4.74 Å². The number of hydrogen-bond donors (Lipinski definition) is 3. The maximum Gasteiger partial charge on any atom is 0.197 e. The van der Waals surface area contributed by atoms with Gasteiger partial charge in [-0.1, -0.05) is 6.92 Å². The number of aliphatic hydroxyl groups excluding tert-OH is 1. The van der Waals surface area contributed by atoms with Gasteiger partial charge < -0.3 is 20.1 Å². The van der Waals surface area contributed by atoms with Gasteiger partial charge in [0.05, 0.1) is 0 Å². The first-order valence-corrected chi connectivity index (χ1v) is 4.00. The standard InChI is InChI=1S/C9H12O4/c1-2-9(12)13-8-4-3-6(10)5-7(8)11/h3-5,9-12H,2H2,1H3. The zero-order valence-corrected chi connectivity index (χ0v) is 7.27. The minimum atomic E-state index is -0.935. The molecule has 4 heteroatoms. The molecule has 0 radical (unpaired) electrons. The van der Waals surface area contributed by atoms with Crippen LogP contribution in [0.5, 0.6) is 17.2 Å². The molecule has 1 atom stereocenters. The van der Waals surface area contributed by atoms with E-state index in [0.29, 0.717) is 6.42 Å². The Bertz CT molecular complexity index is 285. The predicted octanol–water partition coefficient (Wildman–Crippen LogP) is 1.20. The van der Waals surface area contributed by atoms with Crippen LogP contribution in [-0.4, -0.2) is 21.6 Å². The van der Waals surface area contributed by atoms with Crippen LogP contribution in [0.2, 0.25) is 0 Å². The van der Waals surface area contributed by atoms with Crippen molar-refractivity contribution in [2.45, 2.75) is 19.6 Å². The molecule has 0 aliphatic heterocycles. The molecule has 1 unspecified atom stereocenters. The van der Waals surface area contributed by atoms with Crippen LogP contribution in [0.15, 0.2) is 18.2 Å². The zero-order valence-electron chi connectivity index (χ0n) is 7.27. The van der Waals surface area contributed by atoms with Crippen LogP contribution in [0.1, 0.15) is 13.3 Å². The van der Waals surface area contributed by atoms with Gasteiger partial charge in [-0.05, 0) is 12.1 Å². The third-order valence-electron chi connectivity index (χ3n) is 1.55. The fourth-order valence-corrected chi connectivity index (χ4v) is 0.835. The highest BCUT2D eigenvalue weighted by atomic mass is 16.6. The van der Waals surface area contributed by atoms with Crippen LogP contribution in [-0.2, 0) is 0 Å². The molecule has 4 nitrogen and oxygen atoms in total. The molecule has 0 saturated heterocycles. The molecule has 0 aromatic heterocycles. The second kappa shape index (κ2) is 4.00.